The minimum absolute atomic E-state index is 0.141. The smallest absolute Gasteiger partial charge is 0.288 e. The second-order valence-electron chi connectivity index (χ2n) is 6.40. The van der Waals surface area contributed by atoms with Crippen LogP contribution in [-0.2, 0) is 13.2 Å². The molecule has 0 aliphatic carbocycles. The Hall–Kier alpha value is -2.71. The van der Waals surface area contributed by atoms with Gasteiger partial charge in [-0.3, -0.25) is 4.90 Å². The predicted octanol–water partition coefficient (Wildman–Crippen LogP) is 4.58. The van der Waals surface area contributed by atoms with Gasteiger partial charge in [-0.15, -0.1) is 5.10 Å². The highest BCUT2D eigenvalue weighted by Gasteiger charge is 2.17. The Labute approximate surface area is 168 Å². The Morgan fingerprint density at radius 2 is 1.93 bits per heavy atom. The molecule has 0 aliphatic rings. The minimum Gasteiger partial charge on any atom is -0.497 e. The molecule has 0 aliphatic heterocycles. The van der Waals surface area contributed by atoms with Crippen LogP contribution in [0.4, 0.5) is 4.39 Å². The zero-order valence-electron chi connectivity index (χ0n) is 16.0. The maximum atomic E-state index is 13.8. The topological polar surface area (TPSA) is 52.7 Å². The van der Waals surface area contributed by atoms with Crippen LogP contribution in [0.1, 0.15) is 24.5 Å². The fourth-order valence-corrected chi connectivity index (χ4v) is 2.86. The number of nitrogens with zero attached hydrogens (tertiary/aromatic N) is 3. The third-order valence-corrected chi connectivity index (χ3v) is 4.39. The molecule has 0 bridgehead atoms. The van der Waals surface area contributed by atoms with Gasteiger partial charge in [-0.05, 0) is 56.0 Å². The Bertz CT molecular complexity index is 971. The average molecular weight is 403 g/mol. The third-order valence-electron chi connectivity index (χ3n) is 4.10. The number of benzene rings is 2. The molecule has 0 saturated heterocycles. The molecular weight excluding hydrogens is 381 g/mol. The number of para-hydroxylation sites is 1. The van der Waals surface area contributed by atoms with E-state index in [4.69, 9.17) is 26.1 Å². The van der Waals surface area contributed by atoms with Crippen LogP contribution in [0.2, 0.25) is 0 Å². The highest BCUT2D eigenvalue weighted by Crippen LogP contribution is 2.23. The van der Waals surface area contributed by atoms with Crippen molar-refractivity contribution in [2.24, 2.45) is 0 Å². The molecule has 0 radical (unpaired) electrons. The van der Waals surface area contributed by atoms with Gasteiger partial charge in [0, 0.05) is 6.54 Å². The average Bonchev–Trinajstić information content (AvgIpc) is 3.04. The molecule has 0 amide bonds. The van der Waals surface area contributed by atoms with Gasteiger partial charge in [0.05, 0.1) is 13.8 Å². The van der Waals surface area contributed by atoms with E-state index in [0.717, 1.165) is 11.3 Å². The molecule has 0 saturated carbocycles. The molecule has 3 aromatic rings. The molecule has 0 N–H and O–H groups in total. The molecule has 0 unspecified atom stereocenters. The number of rotatable bonds is 8. The van der Waals surface area contributed by atoms with E-state index >= 15 is 0 Å². The number of aromatic nitrogens is 2. The first-order valence-corrected chi connectivity index (χ1v) is 9.17. The van der Waals surface area contributed by atoms with E-state index in [2.05, 4.69) is 5.10 Å². The maximum absolute atomic E-state index is 13.8. The van der Waals surface area contributed by atoms with Crippen molar-refractivity contribution in [3.8, 4) is 11.5 Å². The summed E-state index contributed by atoms with van der Waals surface area (Å²) in [4.78, 5) is 2.28. The number of hydrogen-bond donors (Lipinski definition) is 0. The van der Waals surface area contributed by atoms with Gasteiger partial charge in [-0.1, -0.05) is 24.3 Å². The van der Waals surface area contributed by atoms with Gasteiger partial charge in [0.25, 0.3) is 10.7 Å². The monoisotopic (exact) mass is 403 g/mol. The van der Waals surface area contributed by atoms with E-state index in [1.807, 2.05) is 36.2 Å². The summed E-state index contributed by atoms with van der Waals surface area (Å²) in [7, 11) is 3.60. The van der Waals surface area contributed by atoms with E-state index in [9.17, 15) is 4.39 Å². The van der Waals surface area contributed by atoms with Crippen molar-refractivity contribution in [1.29, 1.82) is 0 Å². The Balaban J connectivity index is 1.64. The number of halogens is 1. The standard InChI is InChI=1S/C20H22FN3O3S/c1-14(26-18-7-5-4-6-17(18)21)19-22-24(20(28)27-19)13-23(2)12-15-8-10-16(25-3)11-9-15/h4-11,14H,12-13H2,1-3H3/t14-/m0/s1. The van der Waals surface area contributed by atoms with Gasteiger partial charge in [0.2, 0.25) is 0 Å². The lowest BCUT2D eigenvalue weighted by Crippen LogP contribution is -2.22. The zero-order chi connectivity index (χ0) is 20.1. The van der Waals surface area contributed by atoms with Crippen LogP contribution < -0.4 is 9.47 Å². The molecule has 8 heteroatoms. The third kappa shape index (κ3) is 4.96. The van der Waals surface area contributed by atoms with Gasteiger partial charge >= 0.3 is 0 Å². The molecule has 3 rings (SSSR count). The van der Waals surface area contributed by atoms with E-state index in [0.29, 0.717) is 19.1 Å². The normalized spacial score (nSPS) is 12.2. The van der Waals surface area contributed by atoms with Crippen molar-refractivity contribution in [2.75, 3.05) is 14.2 Å². The number of ether oxygens (including phenoxy) is 2. The zero-order valence-corrected chi connectivity index (χ0v) is 16.8. The quantitative estimate of drug-likeness (QED) is 0.513. The molecule has 148 valence electrons. The van der Waals surface area contributed by atoms with Crippen LogP contribution in [-0.4, -0.2) is 28.8 Å². The summed E-state index contributed by atoms with van der Waals surface area (Å²) >= 11 is 5.26. The molecule has 28 heavy (non-hydrogen) atoms. The largest absolute Gasteiger partial charge is 0.497 e. The lowest BCUT2D eigenvalue weighted by Gasteiger charge is -2.16. The fourth-order valence-electron chi connectivity index (χ4n) is 2.68. The van der Waals surface area contributed by atoms with E-state index < -0.39 is 11.9 Å². The Morgan fingerprint density at radius 3 is 2.61 bits per heavy atom. The van der Waals surface area contributed by atoms with Crippen molar-refractivity contribution in [3.63, 3.8) is 0 Å². The summed E-state index contributed by atoms with van der Waals surface area (Å²) in [5.74, 6) is 0.818. The van der Waals surface area contributed by atoms with Crippen LogP contribution in [0.25, 0.3) is 0 Å². The van der Waals surface area contributed by atoms with Crippen molar-refractivity contribution in [1.82, 2.24) is 14.7 Å². The molecule has 0 spiro atoms. The Morgan fingerprint density at radius 1 is 1.21 bits per heavy atom. The van der Waals surface area contributed by atoms with Crippen molar-refractivity contribution in [2.45, 2.75) is 26.2 Å². The summed E-state index contributed by atoms with van der Waals surface area (Å²) in [5.41, 5.74) is 1.13. The molecule has 0 fully saturated rings. The molecular formula is C20H22FN3O3S. The van der Waals surface area contributed by atoms with E-state index in [1.54, 1.807) is 36.9 Å². The molecule has 1 heterocycles. The number of methoxy groups -OCH3 is 1. The van der Waals surface area contributed by atoms with Crippen molar-refractivity contribution >= 4 is 12.2 Å². The summed E-state index contributed by atoms with van der Waals surface area (Å²) < 4.78 is 31.7. The second kappa shape index (κ2) is 8.99. The highest BCUT2D eigenvalue weighted by atomic mass is 32.1. The summed E-state index contributed by atoms with van der Waals surface area (Å²) in [6.45, 7) is 2.88. The van der Waals surface area contributed by atoms with E-state index in [1.165, 1.54) is 6.07 Å². The van der Waals surface area contributed by atoms with Gasteiger partial charge in [-0.2, -0.15) is 0 Å². The summed E-state index contributed by atoms with van der Waals surface area (Å²) in [5, 5.41) is 4.38. The predicted molar refractivity (Wildman–Crippen MR) is 105 cm³/mol. The SMILES string of the molecule is COc1ccc(CN(C)Cn2nc([C@H](C)Oc3ccccc3F)oc2=S)cc1. The molecule has 1 atom stereocenters. The van der Waals surface area contributed by atoms with Crippen LogP contribution in [0, 0.1) is 10.7 Å². The van der Waals surface area contributed by atoms with Gasteiger partial charge in [0.15, 0.2) is 17.7 Å². The van der Waals surface area contributed by atoms with Crippen LogP contribution in [0.15, 0.2) is 52.9 Å². The molecule has 2 aromatic carbocycles. The van der Waals surface area contributed by atoms with Crippen LogP contribution in [0.3, 0.4) is 0 Å². The maximum Gasteiger partial charge on any atom is 0.288 e. The minimum atomic E-state index is -0.577. The lowest BCUT2D eigenvalue weighted by molar-refractivity contribution is 0.179. The molecule has 1 aromatic heterocycles. The van der Waals surface area contributed by atoms with Crippen molar-refractivity contribution < 1.29 is 18.3 Å². The Kier molecular flexibility index (Phi) is 6.43. The van der Waals surface area contributed by atoms with Gasteiger partial charge in [0.1, 0.15) is 5.75 Å². The summed E-state index contributed by atoms with van der Waals surface area (Å²) in [6, 6.07) is 14.1. The lowest BCUT2D eigenvalue weighted by atomic mass is 10.2. The first-order valence-electron chi connectivity index (χ1n) is 8.76. The van der Waals surface area contributed by atoms with Crippen LogP contribution >= 0.6 is 12.2 Å². The molecule has 6 nitrogen and oxygen atoms in total. The summed E-state index contributed by atoms with van der Waals surface area (Å²) in [6.07, 6.45) is -0.577. The van der Waals surface area contributed by atoms with E-state index in [-0.39, 0.29) is 10.6 Å². The highest BCUT2D eigenvalue weighted by molar-refractivity contribution is 7.71. The first kappa shape index (κ1) is 20.0. The van der Waals surface area contributed by atoms with Gasteiger partial charge in [-0.25, -0.2) is 9.07 Å². The second-order valence-corrected chi connectivity index (χ2v) is 6.75. The number of hydrogen-bond acceptors (Lipinski definition) is 6. The van der Waals surface area contributed by atoms with Crippen LogP contribution in [0.5, 0.6) is 11.5 Å². The van der Waals surface area contributed by atoms with Gasteiger partial charge < -0.3 is 13.9 Å². The fraction of sp³-hybridized carbons (Fsp3) is 0.300. The first-order chi connectivity index (χ1) is 13.5. The van der Waals surface area contributed by atoms with Crippen molar-refractivity contribution in [3.05, 3.63) is 70.6 Å².